The summed E-state index contributed by atoms with van der Waals surface area (Å²) in [4.78, 5) is 4.35. The van der Waals surface area contributed by atoms with Crippen molar-refractivity contribution in [1.82, 2.24) is 4.98 Å². The summed E-state index contributed by atoms with van der Waals surface area (Å²) in [5.41, 5.74) is 1.14. The Morgan fingerprint density at radius 3 is 2.83 bits per heavy atom. The number of thiazole rings is 1. The van der Waals surface area contributed by atoms with Crippen molar-refractivity contribution in [1.29, 1.82) is 0 Å². The minimum absolute atomic E-state index is 0.0153. The number of aromatic hydroxyl groups is 1. The second kappa shape index (κ2) is 4.23. The Morgan fingerprint density at radius 2 is 2.00 bits per heavy atom. The standard InChI is InChI=1S/C13H7ClFNOS/c14-7-1-4-12-10(5-7)16-13(18-12)9-6-8(15)2-3-11(9)17/h1-6,17H. The highest BCUT2D eigenvalue weighted by molar-refractivity contribution is 7.21. The highest BCUT2D eigenvalue weighted by Gasteiger charge is 2.11. The van der Waals surface area contributed by atoms with Crippen LogP contribution in [0.5, 0.6) is 5.75 Å². The lowest BCUT2D eigenvalue weighted by molar-refractivity contribution is 0.475. The molecule has 0 saturated heterocycles. The van der Waals surface area contributed by atoms with Crippen molar-refractivity contribution in [2.24, 2.45) is 0 Å². The van der Waals surface area contributed by atoms with Gasteiger partial charge in [-0.3, -0.25) is 0 Å². The molecular weight excluding hydrogens is 273 g/mol. The van der Waals surface area contributed by atoms with Crippen LogP contribution in [0.25, 0.3) is 20.8 Å². The van der Waals surface area contributed by atoms with Crippen molar-refractivity contribution in [3.63, 3.8) is 0 Å². The van der Waals surface area contributed by atoms with Crippen molar-refractivity contribution >= 4 is 33.2 Å². The van der Waals surface area contributed by atoms with E-state index in [9.17, 15) is 9.50 Å². The van der Waals surface area contributed by atoms with E-state index < -0.39 is 5.82 Å². The highest BCUT2D eigenvalue weighted by Crippen LogP contribution is 2.36. The molecule has 0 aliphatic carbocycles. The van der Waals surface area contributed by atoms with E-state index in [4.69, 9.17) is 11.6 Å². The van der Waals surface area contributed by atoms with Crippen LogP contribution in [0.3, 0.4) is 0 Å². The van der Waals surface area contributed by atoms with E-state index in [-0.39, 0.29) is 5.75 Å². The summed E-state index contributed by atoms with van der Waals surface area (Å²) in [7, 11) is 0. The first-order valence-electron chi connectivity index (χ1n) is 5.18. The third-order valence-corrected chi connectivity index (χ3v) is 3.84. The van der Waals surface area contributed by atoms with Crippen LogP contribution in [0.1, 0.15) is 0 Å². The van der Waals surface area contributed by atoms with Crippen molar-refractivity contribution in [3.05, 3.63) is 47.2 Å². The largest absolute Gasteiger partial charge is 0.507 e. The van der Waals surface area contributed by atoms with Crippen LogP contribution in [0.2, 0.25) is 5.02 Å². The van der Waals surface area contributed by atoms with Gasteiger partial charge in [0.25, 0.3) is 0 Å². The lowest BCUT2D eigenvalue weighted by Crippen LogP contribution is -1.80. The number of phenolic OH excluding ortho intramolecular Hbond substituents is 1. The zero-order valence-corrected chi connectivity index (χ0v) is 10.6. The molecule has 3 aromatic rings. The third-order valence-electron chi connectivity index (χ3n) is 2.54. The van der Waals surface area contributed by atoms with Crippen molar-refractivity contribution in [3.8, 4) is 16.3 Å². The normalized spacial score (nSPS) is 11.0. The number of halogens is 2. The molecule has 1 aromatic heterocycles. The zero-order chi connectivity index (χ0) is 12.7. The van der Waals surface area contributed by atoms with Gasteiger partial charge < -0.3 is 5.11 Å². The number of hydrogen-bond acceptors (Lipinski definition) is 3. The first-order valence-corrected chi connectivity index (χ1v) is 6.38. The molecule has 0 radical (unpaired) electrons. The molecule has 90 valence electrons. The number of hydrogen-bond donors (Lipinski definition) is 1. The van der Waals surface area contributed by atoms with E-state index in [1.165, 1.54) is 29.5 Å². The van der Waals surface area contributed by atoms with E-state index in [0.717, 1.165) is 10.2 Å². The molecule has 2 nitrogen and oxygen atoms in total. The minimum atomic E-state index is -0.403. The summed E-state index contributed by atoms with van der Waals surface area (Å²) in [6, 6.07) is 9.18. The van der Waals surface area contributed by atoms with Crippen molar-refractivity contribution in [2.45, 2.75) is 0 Å². The van der Waals surface area contributed by atoms with Crippen molar-refractivity contribution < 1.29 is 9.50 Å². The summed E-state index contributed by atoms with van der Waals surface area (Å²) < 4.78 is 14.1. The molecule has 1 N–H and O–H groups in total. The lowest BCUT2D eigenvalue weighted by atomic mass is 10.2. The summed E-state index contributed by atoms with van der Waals surface area (Å²) >= 11 is 7.27. The molecule has 0 atom stereocenters. The second-order valence-corrected chi connectivity index (χ2v) is 5.26. The molecule has 0 spiro atoms. The molecule has 2 aromatic carbocycles. The van der Waals surface area contributed by atoms with Crippen LogP contribution in [0.4, 0.5) is 4.39 Å². The molecule has 1 heterocycles. The molecule has 18 heavy (non-hydrogen) atoms. The van der Waals surface area contributed by atoms with Gasteiger partial charge in [0, 0.05) is 5.02 Å². The average Bonchev–Trinajstić information content (AvgIpc) is 2.74. The summed E-state index contributed by atoms with van der Waals surface area (Å²) in [5.74, 6) is -0.387. The number of phenols is 1. The summed E-state index contributed by atoms with van der Waals surface area (Å²) in [5, 5.41) is 10.9. The first kappa shape index (κ1) is 11.4. The Hall–Kier alpha value is -1.65. The molecule has 0 unspecified atom stereocenters. The fraction of sp³-hybridized carbons (Fsp3) is 0. The van der Waals surface area contributed by atoms with Gasteiger partial charge in [-0.2, -0.15) is 0 Å². The maximum Gasteiger partial charge on any atom is 0.128 e. The number of fused-ring (bicyclic) bond motifs is 1. The molecule has 0 fully saturated rings. The van der Waals surface area contributed by atoms with Crippen LogP contribution < -0.4 is 0 Å². The number of aromatic nitrogens is 1. The predicted octanol–water partition coefficient (Wildman–Crippen LogP) is 4.46. The molecule has 0 aliphatic rings. The molecule has 0 aliphatic heterocycles. The predicted molar refractivity (Wildman–Crippen MR) is 71.7 cm³/mol. The highest BCUT2D eigenvalue weighted by atomic mass is 35.5. The van der Waals surface area contributed by atoms with Gasteiger partial charge in [0.1, 0.15) is 16.6 Å². The molecule has 0 amide bonds. The Kier molecular flexibility index (Phi) is 2.69. The van der Waals surface area contributed by atoms with Crippen LogP contribution in [0.15, 0.2) is 36.4 Å². The molecule has 3 rings (SSSR count). The third kappa shape index (κ3) is 1.94. The SMILES string of the molecule is Oc1ccc(F)cc1-c1nc2cc(Cl)ccc2s1. The Morgan fingerprint density at radius 1 is 1.17 bits per heavy atom. The molecule has 0 bridgehead atoms. The summed E-state index contributed by atoms with van der Waals surface area (Å²) in [6.45, 7) is 0. The fourth-order valence-electron chi connectivity index (χ4n) is 1.70. The van der Waals surface area contributed by atoms with E-state index in [1.54, 1.807) is 12.1 Å². The minimum Gasteiger partial charge on any atom is -0.507 e. The molecular formula is C13H7ClFNOS. The second-order valence-electron chi connectivity index (χ2n) is 3.79. The first-order chi connectivity index (χ1) is 8.63. The fourth-order valence-corrected chi connectivity index (χ4v) is 2.83. The quantitative estimate of drug-likeness (QED) is 0.713. The van der Waals surface area contributed by atoms with E-state index in [1.807, 2.05) is 6.07 Å². The van der Waals surface area contributed by atoms with Gasteiger partial charge in [0.05, 0.1) is 15.8 Å². The number of benzene rings is 2. The van der Waals surface area contributed by atoms with Crippen LogP contribution in [-0.4, -0.2) is 10.1 Å². The average molecular weight is 280 g/mol. The van der Waals surface area contributed by atoms with Crippen LogP contribution in [0, 0.1) is 5.82 Å². The molecule has 5 heteroatoms. The monoisotopic (exact) mass is 279 g/mol. The van der Waals surface area contributed by atoms with Gasteiger partial charge in [-0.25, -0.2) is 9.37 Å². The van der Waals surface area contributed by atoms with Crippen molar-refractivity contribution in [2.75, 3.05) is 0 Å². The summed E-state index contributed by atoms with van der Waals surface area (Å²) in [6.07, 6.45) is 0. The van der Waals surface area contributed by atoms with E-state index in [0.29, 0.717) is 15.6 Å². The van der Waals surface area contributed by atoms with Gasteiger partial charge in [0.2, 0.25) is 0 Å². The smallest absolute Gasteiger partial charge is 0.128 e. The number of nitrogens with zero attached hydrogens (tertiary/aromatic N) is 1. The van der Waals surface area contributed by atoms with Gasteiger partial charge in [-0.05, 0) is 36.4 Å². The Bertz CT molecular complexity index is 741. The van der Waals surface area contributed by atoms with Gasteiger partial charge in [-0.15, -0.1) is 11.3 Å². The van der Waals surface area contributed by atoms with E-state index in [2.05, 4.69) is 4.98 Å². The van der Waals surface area contributed by atoms with E-state index >= 15 is 0 Å². The van der Waals surface area contributed by atoms with Crippen LogP contribution >= 0.6 is 22.9 Å². The maximum atomic E-state index is 13.2. The van der Waals surface area contributed by atoms with Gasteiger partial charge in [0.15, 0.2) is 0 Å². The van der Waals surface area contributed by atoms with Gasteiger partial charge in [-0.1, -0.05) is 11.6 Å². The Labute approximate surface area is 111 Å². The maximum absolute atomic E-state index is 13.2. The topological polar surface area (TPSA) is 33.1 Å². The van der Waals surface area contributed by atoms with Crippen LogP contribution in [-0.2, 0) is 0 Å². The zero-order valence-electron chi connectivity index (χ0n) is 9.02. The Balaban J connectivity index is 2.22. The molecule has 0 saturated carbocycles. The number of rotatable bonds is 1. The van der Waals surface area contributed by atoms with Gasteiger partial charge >= 0.3 is 0 Å². The lowest BCUT2D eigenvalue weighted by Gasteiger charge is -1.99.